The summed E-state index contributed by atoms with van der Waals surface area (Å²) in [5, 5.41) is 12.1. The van der Waals surface area contributed by atoms with Gasteiger partial charge in [-0.2, -0.15) is 5.26 Å². The van der Waals surface area contributed by atoms with Gasteiger partial charge >= 0.3 is 5.97 Å². The first-order valence-corrected chi connectivity index (χ1v) is 8.82. The van der Waals surface area contributed by atoms with Crippen molar-refractivity contribution in [3.63, 3.8) is 0 Å². The van der Waals surface area contributed by atoms with Crippen molar-refractivity contribution >= 4 is 23.6 Å². The molecule has 2 aromatic carbocycles. The van der Waals surface area contributed by atoms with Gasteiger partial charge in [0.1, 0.15) is 17.4 Å². The van der Waals surface area contributed by atoms with Crippen molar-refractivity contribution in [2.24, 2.45) is 0 Å². The number of ether oxygens (including phenoxy) is 2. The number of amides is 1. The van der Waals surface area contributed by atoms with Crippen LogP contribution in [-0.4, -0.2) is 25.1 Å². The fourth-order valence-corrected chi connectivity index (χ4v) is 2.39. The number of benzene rings is 2. The van der Waals surface area contributed by atoms with Crippen molar-refractivity contribution in [3.8, 4) is 11.8 Å². The predicted octanol–water partition coefficient (Wildman–Crippen LogP) is 3.79. The van der Waals surface area contributed by atoms with Crippen LogP contribution in [0.15, 0.2) is 48.0 Å². The number of aryl methyl sites for hydroxylation is 2. The molecule has 0 atom stereocenters. The number of hydrogen-bond acceptors (Lipinski definition) is 5. The molecule has 0 aliphatic carbocycles. The second-order valence-corrected chi connectivity index (χ2v) is 6.05. The first-order valence-electron chi connectivity index (χ1n) is 8.82. The minimum absolute atomic E-state index is 0.0783. The Morgan fingerprint density at radius 2 is 1.89 bits per heavy atom. The number of carbonyl (C=O) groups is 2. The molecule has 0 fully saturated rings. The van der Waals surface area contributed by atoms with E-state index in [1.54, 1.807) is 37.3 Å². The van der Waals surface area contributed by atoms with Gasteiger partial charge in [0.15, 0.2) is 6.61 Å². The van der Waals surface area contributed by atoms with Crippen LogP contribution in [-0.2, 0) is 14.3 Å². The molecule has 1 N–H and O–H groups in total. The van der Waals surface area contributed by atoms with Crippen LogP contribution in [0.4, 0.5) is 5.69 Å². The van der Waals surface area contributed by atoms with E-state index in [1.165, 1.54) is 6.08 Å². The lowest BCUT2D eigenvalue weighted by atomic mass is 10.1. The summed E-state index contributed by atoms with van der Waals surface area (Å²) >= 11 is 0. The van der Waals surface area contributed by atoms with Gasteiger partial charge in [0, 0.05) is 11.3 Å². The molecule has 144 valence electrons. The summed E-state index contributed by atoms with van der Waals surface area (Å²) in [7, 11) is 0. The summed E-state index contributed by atoms with van der Waals surface area (Å²) in [6, 6.07) is 14.3. The Morgan fingerprint density at radius 1 is 1.14 bits per heavy atom. The lowest BCUT2D eigenvalue weighted by Crippen LogP contribution is -2.15. The number of nitrogens with one attached hydrogen (secondary N) is 1. The Labute approximate surface area is 164 Å². The van der Waals surface area contributed by atoms with Gasteiger partial charge in [0.2, 0.25) is 0 Å². The lowest BCUT2D eigenvalue weighted by Gasteiger charge is -2.10. The maximum atomic E-state index is 12.5. The maximum absolute atomic E-state index is 12.5. The van der Waals surface area contributed by atoms with Gasteiger partial charge in [0.05, 0.1) is 6.61 Å². The van der Waals surface area contributed by atoms with E-state index in [0.29, 0.717) is 17.0 Å². The third kappa shape index (κ3) is 5.71. The average molecular weight is 378 g/mol. The third-order valence-electron chi connectivity index (χ3n) is 4.00. The van der Waals surface area contributed by atoms with E-state index in [1.807, 2.05) is 32.0 Å². The maximum Gasteiger partial charge on any atom is 0.344 e. The van der Waals surface area contributed by atoms with Crippen molar-refractivity contribution < 1.29 is 19.1 Å². The Hall–Kier alpha value is -3.59. The molecular formula is C22H22N2O4. The summed E-state index contributed by atoms with van der Waals surface area (Å²) in [5.74, 6) is -0.637. The van der Waals surface area contributed by atoms with E-state index in [-0.39, 0.29) is 18.8 Å². The topological polar surface area (TPSA) is 88.4 Å². The molecule has 1 amide bonds. The molecule has 28 heavy (non-hydrogen) atoms. The van der Waals surface area contributed by atoms with Crippen LogP contribution in [0.25, 0.3) is 6.08 Å². The summed E-state index contributed by atoms with van der Waals surface area (Å²) < 4.78 is 10.3. The number of esters is 1. The normalized spacial score (nSPS) is 10.7. The molecule has 0 saturated heterocycles. The highest BCUT2D eigenvalue weighted by Gasteiger charge is 2.12. The second-order valence-electron chi connectivity index (χ2n) is 6.05. The minimum Gasteiger partial charge on any atom is -0.481 e. The van der Waals surface area contributed by atoms with Crippen molar-refractivity contribution in [2.45, 2.75) is 20.8 Å². The first kappa shape index (κ1) is 20.7. The number of hydrogen-bond donors (Lipinski definition) is 1. The van der Waals surface area contributed by atoms with Crippen LogP contribution in [0, 0.1) is 25.2 Å². The molecular weight excluding hydrogens is 356 g/mol. The predicted molar refractivity (Wildman–Crippen MR) is 107 cm³/mol. The van der Waals surface area contributed by atoms with E-state index in [2.05, 4.69) is 5.32 Å². The molecule has 0 radical (unpaired) electrons. The average Bonchev–Trinajstić information content (AvgIpc) is 2.68. The van der Waals surface area contributed by atoms with Gasteiger partial charge in [-0.25, -0.2) is 4.79 Å². The number of nitriles is 1. The molecule has 0 spiro atoms. The molecule has 0 aliphatic heterocycles. The number of para-hydroxylation sites is 1. The highest BCUT2D eigenvalue weighted by atomic mass is 16.6. The molecule has 6 heteroatoms. The first-order chi connectivity index (χ1) is 13.4. The lowest BCUT2D eigenvalue weighted by molar-refractivity contribution is -0.145. The summed E-state index contributed by atoms with van der Waals surface area (Å²) in [4.78, 5) is 24.0. The fraction of sp³-hybridized carbons (Fsp3) is 0.227. The SMILES string of the molecule is CCOC(=O)COc1ccccc1/C=C(\C#N)C(=O)Nc1ccc(C)c(C)c1. The standard InChI is InChI=1S/C22H22N2O4/c1-4-27-21(25)14-28-20-8-6-5-7-17(20)12-18(13-23)22(26)24-19-10-9-15(2)16(3)11-19/h5-12H,4,14H2,1-3H3,(H,24,26)/b18-12+. The van der Waals surface area contributed by atoms with Gasteiger partial charge in [-0.15, -0.1) is 0 Å². The fourth-order valence-electron chi connectivity index (χ4n) is 2.39. The summed E-state index contributed by atoms with van der Waals surface area (Å²) in [6.07, 6.45) is 1.43. The van der Waals surface area contributed by atoms with Crippen LogP contribution in [0.2, 0.25) is 0 Å². The Balaban J connectivity index is 2.19. The Kier molecular flexibility index (Phi) is 7.35. The quantitative estimate of drug-likeness (QED) is 0.450. The molecule has 0 saturated carbocycles. The smallest absolute Gasteiger partial charge is 0.344 e. The Morgan fingerprint density at radius 3 is 2.57 bits per heavy atom. The zero-order chi connectivity index (χ0) is 20.5. The zero-order valence-electron chi connectivity index (χ0n) is 16.1. The van der Waals surface area contributed by atoms with E-state index in [9.17, 15) is 14.9 Å². The minimum atomic E-state index is -0.522. The largest absolute Gasteiger partial charge is 0.481 e. The van der Waals surface area contributed by atoms with Gasteiger partial charge in [-0.3, -0.25) is 4.79 Å². The second kappa shape index (κ2) is 9.93. The number of rotatable bonds is 7. The molecule has 2 rings (SSSR count). The van der Waals surface area contributed by atoms with E-state index >= 15 is 0 Å². The molecule has 0 heterocycles. The number of carbonyl (C=O) groups excluding carboxylic acids is 2. The van der Waals surface area contributed by atoms with Gasteiger partial charge in [0.25, 0.3) is 5.91 Å². The van der Waals surface area contributed by atoms with Gasteiger partial charge in [-0.05, 0) is 56.2 Å². The Bertz CT molecular complexity index is 942. The molecule has 0 bridgehead atoms. The summed E-state index contributed by atoms with van der Waals surface area (Å²) in [6.45, 7) is 5.65. The summed E-state index contributed by atoms with van der Waals surface area (Å²) in [5.41, 5.74) is 3.20. The molecule has 0 unspecified atom stereocenters. The van der Waals surface area contributed by atoms with E-state index in [0.717, 1.165) is 11.1 Å². The zero-order valence-corrected chi connectivity index (χ0v) is 16.1. The van der Waals surface area contributed by atoms with Crippen molar-refractivity contribution in [1.82, 2.24) is 0 Å². The van der Waals surface area contributed by atoms with Crippen LogP contribution in [0.5, 0.6) is 5.75 Å². The van der Waals surface area contributed by atoms with Gasteiger partial charge in [-0.1, -0.05) is 24.3 Å². The number of anilines is 1. The van der Waals surface area contributed by atoms with Crippen LogP contribution in [0.3, 0.4) is 0 Å². The molecule has 2 aromatic rings. The molecule has 0 aromatic heterocycles. The monoisotopic (exact) mass is 378 g/mol. The van der Waals surface area contributed by atoms with Gasteiger partial charge < -0.3 is 14.8 Å². The van der Waals surface area contributed by atoms with Crippen molar-refractivity contribution in [2.75, 3.05) is 18.5 Å². The third-order valence-corrected chi connectivity index (χ3v) is 4.00. The highest BCUT2D eigenvalue weighted by Crippen LogP contribution is 2.22. The van der Waals surface area contributed by atoms with Crippen molar-refractivity contribution in [3.05, 3.63) is 64.7 Å². The van der Waals surface area contributed by atoms with Crippen LogP contribution >= 0.6 is 0 Å². The highest BCUT2D eigenvalue weighted by molar-refractivity contribution is 6.09. The van der Waals surface area contributed by atoms with E-state index in [4.69, 9.17) is 9.47 Å². The van der Waals surface area contributed by atoms with Crippen LogP contribution < -0.4 is 10.1 Å². The molecule has 0 aliphatic rings. The van der Waals surface area contributed by atoms with Crippen molar-refractivity contribution in [1.29, 1.82) is 5.26 Å². The number of nitrogens with zero attached hydrogens (tertiary/aromatic N) is 1. The van der Waals surface area contributed by atoms with E-state index < -0.39 is 11.9 Å². The molecule has 6 nitrogen and oxygen atoms in total. The van der Waals surface area contributed by atoms with Crippen LogP contribution in [0.1, 0.15) is 23.6 Å².